The Balaban J connectivity index is 2.90. The predicted octanol–water partition coefficient (Wildman–Crippen LogP) is 1.65. The summed E-state index contributed by atoms with van der Waals surface area (Å²) in [6.45, 7) is 1.37. The van der Waals surface area contributed by atoms with Crippen LogP contribution in [0.25, 0.3) is 0 Å². The summed E-state index contributed by atoms with van der Waals surface area (Å²) in [5.74, 6) is -1.32. The molecule has 0 aliphatic rings. The summed E-state index contributed by atoms with van der Waals surface area (Å²) in [7, 11) is 1.17. The van der Waals surface area contributed by atoms with Crippen molar-refractivity contribution in [2.24, 2.45) is 0 Å². The van der Waals surface area contributed by atoms with Crippen LogP contribution in [-0.4, -0.2) is 36.2 Å². The molecule has 0 fully saturated rings. The van der Waals surface area contributed by atoms with Gasteiger partial charge in [-0.3, -0.25) is 4.79 Å². The average Bonchev–Trinajstić information content (AvgIpc) is 2.33. The van der Waals surface area contributed by atoms with E-state index in [1.165, 1.54) is 32.2 Å². The van der Waals surface area contributed by atoms with Gasteiger partial charge < -0.3 is 15.2 Å². The quantitative estimate of drug-likeness (QED) is 0.829. The Morgan fingerprint density at radius 2 is 1.79 bits per heavy atom. The number of hydrogen-bond donors (Lipinski definition) is 2. The highest BCUT2D eigenvalue weighted by Crippen LogP contribution is 2.19. The van der Waals surface area contributed by atoms with Gasteiger partial charge in [0.05, 0.1) is 13.2 Å². The number of hydrogen-bond acceptors (Lipinski definition) is 4. The van der Waals surface area contributed by atoms with Crippen molar-refractivity contribution in [3.05, 3.63) is 33.8 Å². The molecule has 1 aromatic carbocycles. The fourth-order valence-corrected chi connectivity index (χ4v) is 1.94. The molecule has 0 radical (unpaired) electrons. The van der Waals surface area contributed by atoms with Crippen molar-refractivity contribution in [2.45, 2.75) is 19.1 Å². The summed E-state index contributed by atoms with van der Waals surface area (Å²) in [5.41, 5.74) is 0.187. The van der Waals surface area contributed by atoms with Gasteiger partial charge in [-0.1, -0.05) is 23.2 Å². The van der Waals surface area contributed by atoms with Gasteiger partial charge in [-0.05, 0) is 25.1 Å². The Hall–Kier alpha value is -1.30. The third kappa shape index (κ3) is 4.38. The van der Waals surface area contributed by atoms with Gasteiger partial charge in [0.1, 0.15) is 0 Å². The van der Waals surface area contributed by atoms with Crippen molar-refractivity contribution >= 4 is 35.1 Å². The number of halogens is 2. The number of rotatable bonds is 4. The molecule has 2 N–H and O–H groups in total. The number of benzene rings is 1. The van der Waals surface area contributed by atoms with Crippen LogP contribution >= 0.6 is 23.2 Å². The Morgan fingerprint density at radius 3 is 2.21 bits per heavy atom. The van der Waals surface area contributed by atoms with Gasteiger partial charge in [0, 0.05) is 15.6 Å². The molecule has 0 heterocycles. The zero-order valence-corrected chi connectivity index (χ0v) is 11.8. The monoisotopic (exact) mass is 305 g/mol. The largest absolute Gasteiger partial charge is 0.467 e. The van der Waals surface area contributed by atoms with Crippen LogP contribution in [0, 0.1) is 0 Å². The van der Waals surface area contributed by atoms with Crippen molar-refractivity contribution in [3.8, 4) is 0 Å². The normalized spacial score (nSPS) is 13.5. The zero-order valence-electron chi connectivity index (χ0n) is 10.3. The molecule has 0 bridgehead atoms. The summed E-state index contributed by atoms with van der Waals surface area (Å²) in [4.78, 5) is 23.3. The van der Waals surface area contributed by atoms with E-state index in [2.05, 4.69) is 10.1 Å². The first-order valence-electron chi connectivity index (χ1n) is 5.38. The van der Waals surface area contributed by atoms with Crippen LogP contribution in [0.3, 0.4) is 0 Å². The molecule has 0 saturated heterocycles. The minimum Gasteiger partial charge on any atom is -0.467 e. The lowest BCUT2D eigenvalue weighted by Gasteiger charge is -2.19. The molecule has 0 spiro atoms. The van der Waals surface area contributed by atoms with E-state index in [4.69, 9.17) is 23.2 Å². The maximum absolute atomic E-state index is 11.9. The first kappa shape index (κ1) is 15.8. The van der Waals surface area contributed by atoms with Crippen molar-refractivity contribution in [1.29, 1.82) is 0 Å². The Labute approximate surface area is 120 Å². The molecular formula is C12H13Cl2NO4. The fraction of sp³-hybridized carbons (Fsp3) is 0.333. The van der Waals surface area contributed by atoms with Crippen molar-refractivity contribution < 1.29 is 19.4 Å². The summed E-state index contributed by atoms with van der Waals surface area (Å²) in [5, 5.41) is 12.4. The number of aliphatic hydroxyl groups is 1. The van der Waals surface area contributed by atoms with Crippen LogP contribution in [0.2, 0.25) is 10.0 Å². The fourth-order valence-electron chi connectivity index (χ4n) is 1.41. The molecule has 1 rings (SSSR count). The standard InChI is InChI=1S/C12H13Cl2NO4/c1-6(16)10(12(18)19-2)15-11(17)7-3-8(13)5-9(14)4-7/h3-6,10,16H,1-2H3,(H,15,17)/t6-,10-/m1/s1. The number of esters is 1. The van der Waals surface area contributed by atoms with Crippen LogP contribution in [0.15, 0.2) is 18.2 Å². The summed E-state index contributed by atoms with van der Waals surface area (Å²) in [6, 6.07) is 3.13. The van der Waals surface area contributed by atoms with Crippen molar-refractivity contribution in [2.75, 3.05) is 7.11 Å². The number of carbonyl (C=O) groups is 2. The third-order valence-corrected chi connectivity index (χ3v) is 2.79. The maximum Gasteiger partial charge on any atom is 0.331 e. The third-order valence-electron chi connectivity index (χ3n) is 2.35. The van der Waals surface area contributed by atoms with Gasteiger partial charge in [0.25, 0.3) is 5.91 Å². The number of amides is 1. The van der Waals surface area contributed by atoms with Crippen LogP contribution < -0.4 is 5.32 Å². The first-order chi connectivity index (χ1) is 8.85. The topological polar surface area (TPSA) is 75.6 Å². The molecular weight excluding hydrogens is 293 g/mol. The van der Waals surface area contributed by atoms with Gasteiger partial charge in [-0.25, -0.2) is 4.79 Å². The Kier molecular flexibility index (Phi) is 5.60. The highest BCUT2D eigenvalue weighted by atomic mass is 35.5. The maximum atomic E-state index is 11.9. The number of aliphatic hydroxyl groups excluding tert-OH is 1. The van der Waals surface area contributed by atoms with E-state index < -0.39 is 24.0 Å². The lowest BCUT2D eigenvalue weighted by molar-refractivity contribution is -0.145. The van der Waals surface area contributed by atoms with E-state index >= 15 is 0 Å². The Morgan fingerprint density at radius 1 is 1.26 bits per heavy atom. The molecule has 1 aromatic rings. The predicted molar refractivity (Wildman–Crippen MR) is 71.4 cm³/mol. The molecule has 5 nitrogen and oxygen atoms in total. The van der Waals surface area contributed by atoms with Crippen molar-refractivity contribution in [1.82, 2.24) is 5.32 Å². The molecule has 0 aliphatic carbocycles. The van der Waals surface area contributed by atoms with E-state index in [-0.39, 0.29) is 5.56 Å². The minimum atomic E-state index is -1.16. The second-order valence-electron chi connectivity index (χ2n) is 3.87. The number of methoxy groups -OCH3 is 1. The highest BCUT2D eigenvalue weighted by Gasteiger charge is 2.26. The molecule has 19 heavy (non-hydrogen) atoms. The lowest BCUT2D eigenvalue weighted by atomic mass is 10.1. The van der Waals surface area contributed by atoms with E-state index in [1.807, 2.05) is 0 Å². The van der Waals surface area contributed by atoms with Gasteiger partial charge in [-0.15, -0.1) is 0 Å². The van der Waals surface area contributed by atoms with Gasteiger partial charge in [0.15, 0.2) is 6.04 Å². The molecule has 0 aromatic heterocycles. The lowest BCUT2D eigenvalue weighted by Crippen LogP contribution is -2.48. The van der Waals surface area contributed by atoms with Gasteiger partial charge in [0.2, 0.25) is 0 Å². The molecule has 7 heteroatoms. The van der Waals surface area contributed by atoms with Crippen LogP contribution in [0.4, 0.5) is 0 Å². The SMILES string of the molecule is COC(=O)[C@H](NC(=O)c1cc(Cl)cc(Cl)c1)[C@@H](C)O. The second kappa shape index (κ2) is 6.75. The van der Waals surface area contributed by atoms with Gasteiger partial charge in [-0.2, -0.15) is 0 Å². The molecule has 0 saturated carbocycles. The molecule has 0 aliphatic heterocycles. The van der Waals surface area contributed by atoms with E-state index in [0.29, 0.717) is 10.0 Å². The summed E-state index contributed by atoms with van der Waals surface area (Å²) in [6.07, 6.45) is -1.09. The van der Waals surface area contributed by atoms with E-state index in [1.54, 1.807) is 0 Å². The zero-order chi connectivity index (χ0) is 14.6. The van der Waals surface area contributed by atoms with E-state index in [9.17, 15) is 14.7 Å². The van der Waals surface area contributed by atoms with Crippen molar-refractivity contribution in [3.63, 3.8) is 0 Å². The summed E-state index contributed by atoms with van der Waals surface area (Å²) < 4.78 is 4.49. The molecule has 1 amide bonds. The van der Waals surface area contributed by atoms with Crippen LogP contribution in [0.5, 0.6) is 0 Å². The van der Waals surface area contributed by atoms with Crippen LogP contribution in [0.1, 0.15) is 17.3 Å². The average molecular weight is 306 g/mol. The van der Waals surface area contributed by atoms with E-state index in [0.717, 1.165) is 0 Å². The first-order valence-corrected chi connectivity index (χ1v) is 6.13. The highest BCUT2D eigenvalue weighted by molar-refractivity contribution is 6.35. The van der Waals surface area contributed by atoms with Crippen LogP contribution in [-0.2, 0) is 9.53 Å². The molecule has 104 valence electrons. The minimum absolute atomic E-state index is 0.187. The number of nitrogens with one attached hydrogen (secondary N) is 1. The second-order valence-corrected chi connectivity index (χ2v) is 4.75. The molecule has 0 unspecified atom stereocenters. The Bertz CT molecular complexity index is 470. The summed E-state index contributed by atoms with van der Waals surface area (Å²) >= 11 is 11.6. The smallest absolute Gasteiger partial charge is 0.331 e. The number of ether oxygens (including phenoxy) is 1. The van der Waals surface area contributed by atoms with Gasteiger partial charge >= 0.3 is 5.97 Å². The molecule has 2 atom stereocenters. The number of carbonyl (C=O) groups excluding carboxylic acids is 2.